The monoisotopic (exact) mass is 180 g/mol. The van der Waals surface area contributed by atoms with Crippen LogP contribution in [0.3, 0.4) is 0 Å². The van der Waals surface area contributed by atoms with Gasteiger partial charge in [-0.05, 0) is 0 Å². The third kappa shape index (κ3) is 1.92. The van der Waals surface area contributed by atoms with Crippen molar-refractivity contribution in [2.75, 3.05) is 0 Å². The maximum Gasteiger partial charge on any atom is 1.00 e. The van der Waals surface area contributed by atoms with E-state index in [1.807, 2.05) is 24.3 Å². The van der Waals surface area contributed by atoms with Crippen LogP contribution in [0.25, 0.3) is 10.8 Å². The largest absolute Gasteiger partial charge is 1.00 e. The molecule has 0 aliphatic rings. The molecule has 0 saturated carbocycles. The normalized spacial score (nSPS) is 9.33. The van der Waals surface area contributed by atoms with Gasteiger partial charge in [0.2, 0.25) is 0 Å². The van der Waals surface area contributed by atoms with Gasteiger partial charge in [-0.1, -0.05) is 29.7 Å². The molecule has 0 heterocycles. The molecule has 2 aromatic rings. The average molecular weight is 180 g/mol. The minimum absolute atomic E-state index is 0. The molecule has 0 atom stereocenters. The molecule has 0 bridgehead atoms. The number of rotatable bonds is 0. The van der Waals surface area contributed by atoms with Gasteiger partial charge in [-0.3, -0.25) is 0 Å². The van der Waals surface area contributed by atoms with Crippen LogP contribution < -0.4 is 51.4 Å². The number of hydrogen-bond acceptors (Lipinski definition) is 0. The van der Waals surface area contributed by atoms with E-state index in [4.69, 9.17) is 0 Å². The van der Waals surface area contributed by atoms with Gasteiger partial charge in [0, 0.05) is 0 Å². The first-order valence-electron chi connectivity index (χ1n) is 3.67. The van der Waals surface area contributed by atoms with Crippen LogP contribution in [0.4, 0.5) is 0 Å². The molecule has 54 valence electrons. The third-order valence-corrected chi connectivity index (χ3v) is 1.88. The maximum atomic E-state index is 3.95. The van der Waals surface area contributed by atoms with Crippen LogP contribution in [0.2, 0.25) is 0 Å². The topological polar surface area (TPSA) is 0 Å². The standard InChI is InChI=1S/C11H9.K/c1-9-5-4-7-10-6-2-3-8-11(9)10;/h2-8H,1H2;/q-1;+1. The van der Waals surface area contributed by atoms with E-state index in [1.165, 1.54) is 10.8 Å². The molecular formula is C11H9K. The zero-order chi connectivity index (χ0) is 7.68. The van der Waals surface area contributed by atoms with Crippen molar-refractivity contribution in [3.05, 3.63) is 55.0 Å². The van der Waals surface area contributed by atoms with E-state index in [2.05, 4.69) is 25.1 Å². The zero-order valence-corrected chi connectivity index (χ0v) is 10.4. The Morgan fingerprint density at radius 1 is 0.833 bits per heavy atom. The number of hydrogen-bond donors (Lipinski definition) is 0. The van der Waals surface area contributed by atoms with Crippen LogP contribution in [0.5, 0.6) is 0 Å². The van der Waals surface area contributed by atoms with Gasteiger partial charge in [0.25, 0.3) is 0 Å². The van der Waals surface area contributed by atoms with E-state index < -0.39 is 0 Å². The summed E-state index contributed by atoms with van der Waals surface area (Å²) in [7, 11) is 0. The molecule has 0 nitrogen and oxygen atoms in total. The molecule has 0 amide bonds. The fourth-order valence-electron chi connectivity index (χ4n) is 1.29. The van der Waals surface area contributed by atoms with Crippen molar-refractivity contribution in [1.82, 2.24) is 0 Å². The van der Waals surface area contributed by atoms with Gasteiger partial charge in [-0.25, -0.2) is 0 Å². The van der Waals surface area contributed by atoms with Crippen LogP contribution in [0.1, 0.15) is 5.56 Å². The predicted octanol–water partition coefficient (Wildman–Crippen LogP) is 0.0260. The zero-order valence-electron chi connectivity index (χ0n) is 7.25. The summed E-state index contributed by atoms with van der Waals surface area (Å²) in [6.07, 6.45) is 0. The second-order valence-electron chi connectivity index (χ2n) is 2.64. The van der Waals surface area contributed by atoms with Crippen LogP contribution in [0, 0.1) is 6.92 Å². The summed E-state index contributed by atoms with van der Waals surface area (Å²) >= 11 is 0. The summed E-state index contributed by atoms with van der Waals surface area (Å²) < 4.78 is 0. The second-order valence-corrected chi connectivity index (χ2v) is 2.64. The molecule has 0 aliphatic heterocycles. The van der Waals surface area contributed by atoms with Gasteiger partial charge in [-0.2, -0.15) is 18.6 Å². The molecule has 0 N–H and O–H groups in total. The van der Waals surface area contributed by atoms with E-state index in [0.29, 0.717) is 0 Å². The Morgan fingerprint density at radius 3 is 2.25 bits per heavy atom. The summed E-state index contributed by atoms with van der Waals surface area (Å²) in [4.78, 5) is 0. The Balaban J connectivity index is 0.000000720. The first-order valence-corrected chi connectivity index (χ1v) is 3.67. The summed E-state index contributed by atoms with van der Waals surface area (Å²) in [5.74, 6) is 0. The van der Waals surface area contributed by atoms with Crippen molar-refractivity contribution in [2.45, 2.75) is 0 Å². The molecule has 2 aromatic carbocycles. The van der Waals surface area contributed by atoms with Crippen molar-refractivity contribution in [3.8, 4) is 0 Å². The van der Waals surface area contributed by atoms with Gasteiger partial charge in [0.15, 0.2) is 0 Å². The summed E-state index contributed by atoms with van der Waals surface area (Å²) in [5.41, 5.74) is 1.10. The van der Waals surface area contributed by atoms with E-state index >= 15 is 0 Å². The molecule has 1 heteroatoms. The fraction of sp³-hybridized carbons (Fsp3) is 0. The molecule has 2 rings (SSSR count). The van der Waals surface area contributed by atoms with E-state index in [1.54, 1.807) is 0 Å². The Hall–Kier alpha value is 0.206. The fourth-order valence-corrected chi connectivity index (χ4v) is 1.29. The van der Waals surface area contributed by atoms with Crippen molar-refractivity contribution < 1.29 is 51.4 Å². The van der Waals surface area contributed by atoms with Crippen LogP contribution >= 0.6 is 0 Å². The van der Waals surface area contributed by atoms with Crippen LogP contribution in [-0.4, -0.2) is 0 Å². The van der Waals surface area contributed by atoms with Gasteiger partial charge in [0.05, 0.1) is 0 Å². The van der Waals surface area contributed by atoms with Gasteiger partial charge in [-0.15, -0.1) is 17.5 Å². The first kappa shape index (κ1) is 10.3. The van der Waals surface area contributed by atoms with E-state index in [-0.39, 0.29) is 51.4 Å². The van der Waals surface area contributed by atoms with Crippen molar-refractivity contribution >= 4 is 10.8 Å². The first-order chi connectivity index (χ1) is 5.38. The second kappa shape index (κ2) is 4.44. The average Bonchev–Trinajstić information content (AvgIpc) is 2.06. The predicted molar refractivity (Wildman–Crippen MR) is 48.4 cm³/mol. The minimum atomic E-state index is 0. The van der Waals surface area contributed by atoms with Gasteiger partial charge < -0.3 is 0 Å². The molecule has 0 aromatic heterocycles. The Bertz CT molecular complexity index is 374. The molecule has 0 aliphatic carbocycles. The molecule has 12 heavy (non-hydrogen) atoms. The van der Waals surface area contributed by atoms with Crippen molar-refractivity contribution in [1.29, 1.82) is 0 Å². The Morgan fingerprint density at radius 2 is 1.50 bits per heavy atom. The molecule has 0 fully saturated rings. The van der Waals surface area contributed by atoms with Gasteiger partial charge >= 0.3 is 51.4 Å². The van der Waals surface area contributed by atoms with Crippen molar-refractivity contribution in [2.24, 2.45) is 0 Å². The summed E-state index contributed by atoms with van der Waals surface area (Å²) in [6, 6.07) is 14.4. The number of fused-ring (bicyclic) bond motifs is 1. The Labute approximate surface area is 115 Å². The SMILES string of the molecule is [CH2-]c1cccc2ccccc12.[K+]. The van der Waals surface area contributed by atoms with Crippen LogP contribution in [-0.2, 0) is 0 Å². The Kier molecular flexibility index (Phi) is 3.81. The van der Waals surface area contributed by atoms with Crippen LogP contribution in [0.15, 0.2) is 42.5 Å². The smallest absolute Gasteiger partial charge is 0.198 e. The minimum Gasteiger partial charge on any atom is -0.198 e. The van der Waals surface area contributed by atoms with E-state index in [9.17, 15) is 0 Å². The maximum absolute atomic E-state index is 3.95. The van der Waals surface area contributed by atoms with Gasteiger partial charge in [0.1, 0.15) is 0 Å². The number of benzene rings is 2. The molecule has 0 unspecified atom stereocenters. The summed E-state index contributed by atoms with van der Waals surface area (Å²) in [5, 5.41) is 2.51. The quantitative estimate of drug-likeness (QED) is 0.396. The molecule has 0 spiro atoms. The molecule has 0 saturated heterocycles. The molecule has 0 radical (unpaired) electrons. The molecular weight excluding hydrogens is 171 g/mol. The van der Waals surface area contributed by atoms with Crippen molar-refractivity contribution in [3.63, 3.8) is 0 Å². The summed E-state index contributed by atoms with van der Waals surface area (Å²) in [6.45, 7) is 3.95. The third-order valence-electron chi connectivity index (χ3n) is 1.88. The van der Waals surface area contributed by atoms with E-state index in [0.717, 1.165) is 5.56 Å².